The summed E-state index contributed by atoms with van der Waals surface area (Å²) < 4.78 is 11.3. The summed E-state index contributed by atoms with van der Waals surface area (Å²) in [6.45, 7) is 12.6. The first kappa shape index (κ1) is 33.0. The smallest absolute Gasteiger partial charge is 0.410 e. The van der Waals surface area contributed by atoms with Gasteiger partial charge in [0.15, 0.2) is 0 Å². The maximum atomic E-state index is 12.9. The number of ether oxygens (including phenoxy) is 2. The predicted octanol–water partition coefficient (Wildman–Crippen LogP) is 9.57. The van der Waals surface area contributed by atoms with E-state index >= 15 is 0 Å². The molecule has 49 heavy (non-hydrogen) atoms. The lowest BCUT2D eigenvalue weighted by Gasteiger charge is -2.27. The van der Waals surface area contributed by atoms with E-state index in [9.17, 15) is 9.59 Å². The Bertz CT molecular complexity index is 2050. The highest BCUT2D eigenvalue weighted by Crippen LogP contribution is 2.38. The minimum atomic E-state index is -0.563. The fraction of sp³-hybridized carbons (Fsp3) is 0.421. The third-order valence-electron chi connectivity index (χ3n) is 9.03. The van der Waals surface area contributed by atoms with E-state index in [0.29, 0.717) is 18.1 Å². The average Bonchev–Trinajstić information content (AvgIpc) is 3.84. The summed E-state index contributed by atoms with van der Waals surface area (Å²) in [5.41, 5.74) is 4.19. The Morgan fingerprint density at radius 2 is 1.35 bits per heavy atom. The van der Waals surface area contributed by atoms with Crippen molar-refractivity contribution in [3.05, 3.63) is 71.4 Å². The van der Waals surface area contributed by atoms with Gasteiger partial charge < -0.3 is 19.4 Å². The van der Waals surface area contributed by atoms with E-state index in [1.54, 1.807) is 9.80 Å². The number of carbonyl (C=O) groups excluding carboxylic acids is 2. The zero-order chi connectivity index (χ0) is 34.7. The van der Waals surface area contributed by atoms with Crippen molar-refractivity contribution >= 4 is 45.6 Å². The van der Waals surface area contributed by atoms with Crippen molar-refractivity contribution in [2.24, 2.45) is 0 Å². The molecular formula is C38H43ClN6O4. The second-order valence-corrected chi connectivity index (χ2v) is 15.5. The van der Waals surface area contributed by atoms with Gasteiger partial charge in [-0.1, -0.05) is 35.9 Å². The highest BCUT2D eigenvalue weighted by Gasteiger charge is 2.36. The summed E-state index contributed by atoms with van der Waals surface area (Å²) in [6.07, 6.45) is 4.73. The number of carbonyl (C=O) groups is 2. The van der Waals surface area contributed by atoms with Crippen molar-refractivity contribution in [1.29, 1.82) is 0 Å². The van der Waals surface area contributed by atoms with Crippen LogP contribution < -0.4 is 0 Å². The van der Waals surface area contributed by atoms with Crippen LogP contribution in [0.15, 0.2) is 54.7 Å². The van der Waals surface area contributed by atoms with Crippen LogP contribution in [0, 0.1) is 0 Å². The van der Waals surface area contributed by atoms with Crippen molar-refractivity contribution in [2.75, 3.05) is 13.1 Å². The number of fused-ring (bicyclic) bond motifs is 2. The molecule has 0 saturated carbocycles. The second kappa shape index (κ2) is 12.4. The van der Waals surface area contributed by atoms with E-state index in [2.05, 4.69) is 46.4 Å². The Morgan fingerprint density at radius 3 is 1.96 bits per heavy atom. The second-order valence-electron chi connectivity index (χ2n) is 15.1. The molecule has 2 aromatic heterocycles. The minimum Gasteiger partial charge on any atom is -0.444 e. The Balaban J connectivity index is 1.11. The van der Waals surface area contributed by atoms with Gasteiger partial charge in [-0.05, 0) is 108 Å². The van der Waals surface area contributed by atoms with E-state index in [0.717, 1.165) is 81.5 Å². The molecule has 2 aliphatic rings. The first-order valence-corrected chi connectivity index (χ1v) is 17.4. The van der Waals surface area contributed by atoms with Gasteiger partial charge in [0.1, 0.15) is 22.9 Å². The van der Waals surface area contributed by atoms with Gasteiger partial charge in [0.2, 0.25) is 0 Å². The number of imidazole rings is 2. The highest BCUT2D eigenvalue weighted by molar-refractivity contribution is 6.34. The minimum absolute atomic E-state index is 0.138. The largest absolute Gasteiger partial charge is 0.444 e. The Morgan fingerprint density at radius 1 is 0.776 bits per heavy atom. The third kappa shape index (κ3) is 6.84. The molecule has 2 fully saturated rings. The number of H-pyrrole nitrogens is 2. The Labute approximate surface area is 291 Å². The fourth-order valence-electron chi connectivity index (χ4n) is 6.84. The number of aromatic nitrogens is 4. The van der Waals surface area contributed by atoms with Crippen LogP contribution in [0.5, 0.6) is 0 Å². The molecule has 0 radical (unpaired) electrons. The summed E-state index contributed by atoms with van der Waals surface area (Å²) in [5, 5.41) is 2.76. The number of aromatic amines is 2. The van der Waals surface area contributed by atoms with Crippen molar-refractivity contribution in [3.63, 3.8) is 0 Å². The first-order valence-electron chi connectivity index (χ1n) is 17.0. The Kier molecular flexibility index (Phi) is 8.33. The van der Waals surface area contributed by atoms with Gasteiger partial charge in [0, 0.05) is 30.4 Å². The van der Waals surface area contributed by atoms with E-state index in [1.165, 1.54) is 0 Å². The molecule has 3 aromatic carbocycles. The van der Waals surface area contributed by atoms with E-state index in [1.807, 2.05) is 59.9 Å². The molecule has 2 atom stereocenters. The van der Waals surface area contributed by atoms with Crippen LogP contribution in [0.4, 0.5) is 9.59 Å². The van der Waals surface area contributed by atoms with Crippen molar-refractivity contribution in [3.8, 4) is 22.4 Å². The van der Waals surface area contributed by atoms with Crippen molar-refractivity contribution < 1.29 is 19.1 Å². The monoisotopic (exact) mass is 682 g/mol. The molecule has 4 heterocycles. The van der Waals surface area contributed by atoms with Crippen LogP contribution in [0.25, 0.3) is 44.2 Å². The molecule has 256 valence electrons. The van der Waals surface area contributed by atoms with E-state index in [4.69, 9.17) is 31.0 Å². The SMILES string of the molecule is CC(C)(C)OC(=O)N1CCC[C@H]1c1nc(-c2ccc3cc(-c4cc5nc([C@@H]6CCCN6C(=O)OC(C)(C)C)[nH]c5cc4Cl)ccc3c2)c[nH]1. The van der Waals surface area contributed by atoms with E-state index < -0.39 is 11.2 Å². The summed E-state index contributed by atoms with van der Waals surface area (Å²) in [5.74, 6) is 1.51. The number of benzene rings is 3. The number of amides is 2. The molecule has 0 unspecified atom stereocenters. The number of likely N-dealkylation sites (tertiary alicyclic amines) is 2. The van der Waals surface area contributed by atoms with Crippen molar-refractivity contribution in [1.82, 2.24) is 29.7 Å². The average molecular weight is 683 g/mol. The van der Waals surface area contributed by atoms with Crippen molar-refractivity contribution in [2.45, 2.75) is 90.5 Å². The van der Waals surface area contributed by atoms with E-state index in [-0.39, 0.29) is 24.3 Å². The van der Waals surface area contributed by atoms with Crippen LogP contribution >= 0.6 is 11.6 Å². The molecule has 2 N–H and O–H groups in total. The normalized spacial score (nSPS) is 18.5. The van der Waals surface area contributed by atoms with Crippen LogP contribution in [0.1, 0.15) is 91.0 Å². The highest BCUT2D eigenvalue weighted by atomic mass is 35.5. The number of halogens is 1. The predicted molar refractivity (Wildman–Crippen MR) is 191 cm³/mol. The molecule has 0 aliphatic carbocycles. The first-order chi connectivity index (χ1) is 23.2. The van der Waals surface area contributed by atoms with Crippen LogP contribution in [0.3, 0.4) is 0 Å². The quantitative estimate of drug-likeness (QED) is 0.195. The van der Waals surface area contributed by atoms with Crippen LogP contribution in [-0.4, -0.2) is 66.2 Å². The Hall–Kier alpha value is -4.57. The fourth-order valence-corrected chi connectivity index (χ4v) is 7.11. The van der Waals surface area contributed by atoms with Gasteiger partial charge >= 0.3 is 12.2 Å². The summed E-state index contributed by atoms with van der Waals surface area (Å²) in [6, 6.07) is 16.2. The molecule has 10 nitrogen and oxygen atoms in total. The van der Waals surface area contributed by atoms with Gasteiger partial charge in [-0.25, -0.2) is 19.6 Å². The molecule has 2 aliphatic heterocycles. The molecule has 11 heteroatoms. The maximum Gasteiger partial charge on any atom is 0.410 e. The summed E-state index contributed by atoms with van der Waals surface area (Å²) >= 11 is 6.86. The molecule has 2 amide bonds. The molecular weight excluding hydrogens is 640 g/mol. The molecule has 5 aromatic rings. The maximum absolute atomic E-state index is 12.9. The zero-order valence-electron chi connectivity index (χ0n) is 28.9. The number of nitrogens with zero attached hydrogens (tertiary/aromatic N) is 4. The molecule has 0 bridgehead atoms. The van der Waals surface area contributed by atoms with Gasteiger partial charge in [0.25, 0.3) is 0 Å². The number of hydrogen-bond donors (Lipinski definition) is 2. The summed E-state index contributed by atoms with van der Waals surface area (Å²) in [4.78, 5) is 45.8. The van der Waals surface area contributed by atoms with Gasteiger partial charge in [-0.15, -0.1) is 0 Å². The number of rotatable bonds is 4. The van der Waals surface area contributed by atoms with Crippen LogP contribution in [-0.2, 0) is 9.47 Å². The van der Waals surface area contributed by atoms with Crippen LogP contribution in [0.2, 0.25) is 5.02 Å². The zero-order valence-corrected chi connectivity index (χ0v) is 29.6. The van der Waals surface area contributed by atoms with Gasteiger partial charge in [-0.3, -0.25) is 9.80 Å². The van der Waals surface area contributed by atoms with Gasteiger partial charge in [-0.2, -0.15) is 0 Å². The van der Waals surface area contributed by atoms with Gasteiger partial charge in [0.05, 0.1) is 33.8 Å². The standard InChI is InChI=1S/C38H43ClN6O4/c1-37(2,3)48-35(46)44-15-7-9-31(44)33-40-21-30(43-33)25-14-12-22-17-24(13-11-23(22)18-25)26-19-28-29(20-27(26)39)42-34(41-28)32-10-8-16-45(32)36(47)49-38(4,5)6/h11-14,17-21,31-32H,7-10,15-16H2,1-6H3,(H,40,43)(H,41,42)/t31-,32-/m0/s1. The molecule has 0 spiro atoms. The third-order valence-corrected chi connectivity index (χ3v) is 9.34. The lowest BCUT2D eigenvalue weighted by molar-refractivity contribution is 0.0208. The molecule has 7 rings (SSSR count). The summed E-state index contributed by atoms with van der Waals surface area (Å²) in [7, 11) is 0. The number of hydrogen-bond acceptors (Lipinski definition) is 6. The lowest BCUT2D eigenvalue weighted by atomic mass is 9.99. The molecule has 2 saturated heterocycles. The number of nitrogens with one attached hydrogen (secondary N) is 2. The topological polar surface area (TPSA) is 116 Å². The lowest BCUT2D eigenvalue weighted by Crippen LogP contribution is -2.36.